The molecule has 218 valence electrons. The molecule has 1 fully saturated rings. The number of benzene rings is 2. The highest BCUT2D eigenvalue weighted by molar-refractivity contribution is 8.00. The van der Waals surface area contributed by atoms with Gasteiger partial charge in [0, 0.05) is 11.9 Å². The third-order valence-corrected chi connectivity index (χ3v) is 9.47. The summed E-state index contributed by atoms with van der Waals surface area (Å²) < 4.78 is 15.6. The lowest BCUT2D eigenvalue weighted by Crippen LogP contribution is -2.29. The van der Waals surface area contributed by atoms with Crippen molar-refractivity contribution in [3.8, 4) is 0 Å². The average Bonchev–Trinajstić information content (AvgIpc) is 3.65. The molecule has 1 unspecified atom stereocenters. The van der Waals surface area contributed by atoms with E-state index in [1.165, 1.54) is 40.1 Å². The van der Waals surface area contributed by atoms with Crippen molar-refractivity contribution in [2.75, 3.05) is 4.90 Å². The molecule has 6 rings (SSSR count). The Labute approximate surface area is 255 Å². The van der Waals surface area contributed by atoms with Crippen LogP contribution in [0.5, 0.6) is 0 Å². The minimum Gasteiger partial charge on any atom is -0.505 e. The normalized spacial score (nSPS) is 16.9. The average molecular weight is 614 g/mol. The summed E-state index contributed by atoms with van der Waals surface area (Å²) in [5.74, 6) is -1.71. The highest BCUT2D eigenvalue weighted by atomic mass is 32.2. The van der Waals surface area contributed by atoms with Gasteiger partial charge in [0.2, 0.25) is 5.13 Å². The van der Waals surface area contributed by atoms with E-state index in [4.69, 9.17) is 0 Å². The van der Waals surface area contributed by atoms with Gasteiger partial charge in [0.15, 0.2) is 10.1 Å². The van der Waals surface area contributed by atoms with E-state index in [0.717, 1.165) is 11.1 Å². The molecule has 0 radical (unpaired) electrons. The smallest absolute Gasteiger partial charge is 0.301 e. The van der Waals surface area contributed by atoms with Gasteiger partial charge < -0.3 is 5.11 Å². The molecule has 5 aromatic rings. The summed E-state index contributed by atoms with van der Waals surface area (Å²) in [6.07, 6.45) is 1.75. The summed E-state index contributed by atoms with van der Waals surface area (Å²) in [6.45, 7) is 8.07. The number of nitrogens with zero attached hydrogens (tertiary/aromatic N) is 5. The van der Waals surface area contributed by atoms with E-state index in [1.807, 2.05) is 30.3 Å². The molecular formula is C32H28FN5O3S2. The number of aliphatic hydroxyl groups excluding tert-OH is 1. The summed E-state index contributed by atoms with van der Waals surface area (Å²) in [4.78, 5) is 33.2. The number of amides is 1. The zero-order valence-corrected chi connectivity index (χ0v) is 25.5. The molecule has 1 N–H and O–H groups in total. The van der Waals surface area contributed by atoms with Crippen LogP contribution in [0.25, 0.3) is 11.4 Å². The second kappa shape index (κ2) is 11.1. The first-order valence-electron chi connectivity index (χ1n) is 13.6. The number of Topliss-reactive ketones (excluding diaryl/α,β-unsaturated/α-hetero) is 1. The number of pyridine rings is 1. The van der Waals surface area contributed by atoms with Crippen molar-refractivity contribution in [3.63, 3.8) is 0 Å². The summed E-state index contributed by atoms with van der Waals surface area (Å²) in [5, 5.41) is 20.5. The van der Waals surface area contributed by atoms with Crippen molar-refractivity contribution in [2.24, 2.45) is 0 Å². The second-order valence-corrected chi connectivity index (χ2v) is 13.5. The van der Waals surface area contributed by atoms with Gasteiger partial charge in [-0.25, -0.2) is 9.37 Å². The molecule has 1 amide bonds. The van der Waals surface area contributed by atoms with Crippen LogP contribution >= 0.6 is 23.1 Å². The number of hydrogen-bond acceptors (Lipinski definition) is 8. The SMILES string of the molecule is Cc1nc2ccccn2c1/C(O)=C1\C(=O)C(=O)N(c2nnc(SCc3ccc(F)cc3)s2)C1c1ccc(C(C)(C)C)cc1. The first-order valence-corrected chi connectivity index (χ1v) is 15.4. The summed E-state index contributed by atoms with van der Waals surface area (Å²) >= 11 is 2.58. The number of carbonyl (C=O) groups excluding carboxylic acids is 2. The topological polar surface area (TPSA) is 101 Å². The van der Waals surface area contributed by atoms with E-state index in [-0.39, 0.29) is 27.7 Å². The van der Waals surface area contributed by atoms with E-state index >= 15 is 0 Å². The Hall–Kier alpha value is -4.35. The maximum Gasteiger partial charge on any atom is 0.301 e. The number of thioether (sulfide) groups is 1. The maximum atomic E-state index is 13.7. The van der Waals surface area contributed by atoms with Crippen LogP contribution in [0.3, 0.4) is 0 Å². The van der Waals surface area contributed by atoms with Crippen molar-refractivity contribution >= 4 is 51.3 Å². The van der Waals surface area contributed by atoms with E-state index in [2.05, 4.69) is 36.0 Å². The third-order valence-electron chi connectivity index (χ3n) is 7.34. The summed E-state index contributed by atoms with van der Waals surface area (Å²) in [7, 11) is 0. The molecule has 1 aliphatic heterocycles. The number of hydrogen-bond donors (Lipinski definition) is 1. The standard InChI is InChI=1S/C32H28FN5O3S2/c1-18-25(37-16-6-5-7-23(37)34-18)27(39)24-26(20-10-12-21(13-11-20)32(2,3)4)38(29(41)28(24)40)30-35-36-31(43-30)42-17-19-8-14-22(33)15-9-19/h5-16,26,39H,17H2,1-4H3/b27-24+. The van der Waals surface area contributed by atoms with Crippen molar-refractivity contribution in [3.05, 3.63) is 112 Å². The molecule has 43 heavy (non-hydrogen) atoms. The Morgan fingerprint density at radius 2 is 1.74 bits per heavy atom. The summed E-state index contributed by atoms with van der Waals surface area (Å²) in [5.41, 5.74) is 3.96. The van der Waals surface area contributed by atoms with Gasteiger partial charge in [-0.3, -0.25) is 18.9 Å². The number of aromatic nitrogens is 4. The minimum atomic E-state index is -0.939. The fourth-order valence-electron chi connectivity index (χ4n) is 5.12. The molecule has 4 heterocycles. The molecule has 1 atom stereocenters. The Morgan fingerprint density at radius 1 is 1.02 bits per heavy atom. The van der Waals surface area contributed by atoms with Crippen LogP contribution in [0, 0.1) is 12.7 Å². The van der Waals surface area contributed by atoms with Gasteiger partial charge >= 0.3 is 5.91 Å². The van der Waals surface area contributed by atoms with Gasteiger partial charge in [0.05, 0.1) is 17.3 Å². The van der Waals surface area contributed by atoms with Crippen LogP contribution in [0.1, 0.15) is 54.9 Å². The zero-order chi connectivity index (χ0) is 30.5. The number of imidazole rings is 1. The lowest BCUT2D eigenvalue weighted by atomic mass is 9.85. The number of aryl methyl sites for hydroxylation is 1. The van der Waals surface area contributed by atoms with Gasteiger partial charge in [0.1, 0.15) is 17.2 Å². The predicted octanol–water partition coefficient (Wildman–Crippen LogP) is 6.85. The second-order valence-electron chi connectivity index (χ2n) is 11.3. The molecule has 8 nitrogen and oxygen atoms in total. The monoisotopic (exact) mass is 613 g/mol. The molecular weight excluding hydrogens is 586 g/mol. The van der Waals surface area contributed by atoms with Crippen LogP contribution in [0.2, 0.25) is 0 Å². The fraction of sp³-hybridized carbons (Fsp3) is 0.219. The molecule has 0 bridgehead atoms. The molecule has 0 aliphatic carbocycles. The quantitative estimate of drug-likeness (QED) is 0.0735. The molecule has 1 aliphatic rings. The Bertz CT molecular complexity index is 1890. The van der Waals surface area contributed by atoms with E-state index < -0.39 is 17.7 Å². The molecule has 2 aromatic carbocycles. The molecule has 3 aromatic heterocycles. The van der Waals surface area contributed by atoms with E-state index in [9.17, 15) is 19.1 Å². The van der Waals surface area contributed by atoms with Crippen LogP contribution in [0.4, 0.5) is 9.52 Å². The fourth-order valence-corrected chi connectivity index (χ4v) is 6.94. The largest absolute Gasteiger partial charge is 0.505 e. The van der Waals surface area contributed by atoms with Crippen LogP contribution in [-0.4, -0.2) is 36.4 Å². The number of aliphatic hydroxyl groups is 1. The summed E-state index contributed by atoms with van der Waals surface area (Å²) in [6, 6.07) is 18.4. The van der Waals surface area contributed by atoms with Gasteiger partial charge in [-0.05, 0) is 53.3 Å². The van der Waals surface area contributed by atoms with Crippen molar-refractivity contribution in [1.29, 1.82) is 0 Å². The number of fused-ring (bicyclic) bond motifs is 1. The van der Waals surface area contributed by atoms with Gasteiger partial charge in [-0.1, -0.05) is 86.3 Å². The first-order chi connectivity index (χ1) is 20.5. The van der Waals surface area contributed by atoms with Gasteiger partial charge in [-0.2, -0.15) is 0 Å². The Kier molecular flexibility index (Phi) is 7.39. The van der Waals surface area contributed by atoms with E-state index in [0.29, 0.717) is 32.7 Å². The zero-order valence-electron chi connectivity index (χ0n) is 23.9. The van der Waals surface area contributed by atoms with Crippen molar-refractivity contribution in [2.45, 2.75) is 49.2 Å². The first kappa shape index (κ1) is 28.8. The van der Waals surface area contributed by atoms with Gasteiger partial charge in [-0.15, -0.1) is 10.2 Å². The molecule has 0 spiro atoms. The van der Waals surface area contributed by atoms with E-state index in [1.54, 1.807) is 41.8 Å². The Balaban J connectivity index is 1.44. The number of anilines is 1. The lowest BCUT2D eigenvalue weighted by Gasteiger charge is -2.24. The predicted molar refractivity (Wildman–Crippen MR) is 166 cm³/mol. The maximum absolute atomic E-state index is 13.7. The Morgan fingerprint density at radius 3 is 2.44 bits per heavy atom. The molecule has 11 heteroatoms. The number of ketones is 1. The van der Waals surface area contributed by atoms with Crippen molar-refractivity contribution in [1.82, 2.24) is 19.6 Å². The van der Waals surface area contributed by atoms with Crippen molar-refractivity contribution < 1.29 is 19.1 Å². The molecule has 1 saturated heterocycles. The minimum absolute atomic E-state index is 0.0435. The van der Waals surface area contributed by atoms with Gasteiger partial charge in [0.25, 0.3) is 5.78 Å². The lowest BCUT2D eigenvalue weighted by molar-refractivity contribution is -0.132. The van der Waals surface area contributed by atoms with Crippen LogP contribution < -0.4 is 4.90 Å². The number of halogens is 1. The molecule has 0 saturated carbocycles. The van der Waals surface area contributed by atoms with Crippen LogP contribution in [0.15, 0.2) is 82.8 Å². The number of rotatable bonds is 6. The highest BCUT2D eigenvalue weighted by Gasteiger charge is 2.49. The number of carbonyl (C=O) groups is 2. The van der Waals surface area contributed by atoms with Crippen LogP contribution in [-0.2, 0) is 20.8 Å². The highest BCUT2D eigenvalue weighted by Crippen LogP contribution is 2.44. The third kappa shape index (κ3) is 5.34.